The molecule has 1 aromatic carbocycles. The number of nitrogens with one attached hydrogen (secondary N) is 1. The van der Waals surface area contributed by atoms with Crippen LogP contribution in [0.15, 0.2) is 23.4 Å². The highest BCUT2D eigenvalue weighted by atomic mass is 32.2. The van der Waals surface area contributed by atoms with E-state index in [0.29, 0.717) is 11.7 Å². The summed E-state index contributed by atoms with van der Waals surface area (Å²) < 4.78 is 2.07. The lowest BCUT2D eigenvalue weighted by Crippen LogP contribution is -2.15. The molecule has 0 saturated heterocycles. The molecule has 0 radical (unpaired) electrons. The summed E-state index contributed by atoms with van der Waals surface area (Å²) in [5.41, 5.74) is 3.14. The number of thioether (sulfide) groups is 1. The number of hydrogen-bond donors (Lipinski definition) is 1. The van der Waals surface area contributed by atoms with Crippen molar-refractivity contribution in [3.63, 3.8) is 0 Å². The molecule has 1 heterocycles. The Morgan fingerprint density at radius 1 is 1.30 bits per heavy atom. The molecular weight excluding hydrogens is 308 g/mol. The number of hydrogen-bond acceptors (Lipinski definition) is 4. The largest absolute Gasteiger partial charge is 0.325 e. The third kappa shape index (κ3) is 4.13. The van der Waals surface area contributed by atoms with Gasteiger partial charge in [-0.15, -0.1) is 10.2 Å². The van der Waals surface area contributed by atoms with Gasteiger partial charge in [0.25, 0.3) is 0 Å². The zero-order valence-electron chi connectivity index (χ0n) is 14.4. The standard InChI is InChI=1S/C17H24N4OS/c1-6-21-16(11(2)3)19-20-17(21)23-10-15(22)18-14-9-7-8-12(4)13(14)5/h7-9,11H,6,10H2,1-5H3,(H,18,22). The van der Waals surface area contributed by atoms with Crippen LogP contribution in [-0.4, -0.2) is 26.4 Å². The smallest absolute Gasteiger partial charge is 0.234 e. The zero-order chi connectivity index (χ0) is 17.0. The second kappa shape index (κ2) is 7.64. The Kier molecular flexibility index (Phi) is 5.82. The highest BCUT2D eigenvalue weighted by molar-refractivity contribution is 7.99. The van der Waals surface area contributed by atoms with Crippen LogP contribution >= 0.6 is 11.8 Å². The van der Waals surface area contributed by atoms with E-state index in [2.05, 4.69) is 40.9 Å². The number of nitrogens with zero attached hydrogens (tertiary/aromatic N) is 3. The molecule has 1 aromatic heterocycles. The molecule has 2 aromatic rings. The summed E-state index contributed by atoms with van der Waals surface area (Å²) in [5.74, 6) is 1.58. The zero-order valence-corrected chi connectivity index (χ0v) is 15.2. The SMILES string of the molecule is CCn1c(SCC(=O)Nc2cccc(C)c2C)nnc1C(C)C. The fraction of sp³-hybridized carbons (Fsp3) is 0.471. The molecule has 0 fully saturated rings. The molecule has 0 spiro atoms. The van der Waals surface area contributed by atoms with Gasteiger partial charge < -0.3 is 9.88 Å². The monoisotopic (exact) mass is 332 g/mol. The summed E-state index contributed by atoms with van der Waals surface area (Å²) in [7, 11) is 0. The van der Waals surface area contributed by atoms with Crippen LogP contribution in [-0.2, 0) is 11.3 Å². The summed E-state index contributed by atoms with van der Waals surface area (Å²) in [6.07, 6.45) is 0. The molecule has 5 nitrogen and oxygen atoms in total. The minimum Gasteiger partial charge on any atom is -0.325 e. The number of carbonyl (C=O) groups is 1. The lowest BCUT2D eigenvalue weighted by atomic mass is 10.1. The minimum atomic E-state index is -0.0274. The summed E-state index contributed by atoms with van der Waals surface area (Å²) in [4.78, 5) is 12.2. The third-order valence-corrected chi connectivity index (χ3v) is 4.76. The van der Waals surface area contributed by atoms with Gasteiger partial charge >= 0.3 is 0 Å². The number of rotatable bonds is 6. The van der Waals surface area contributed by atoms with E-state index in [1.807, 2.05) is 32.0 Å². The number of carbonyl (C=O) groups excluding carboxylic acids is 1. The number of benzene rings is 1. The second-order valence-electron chi connectivity index (χ2n) is 5.82. The summed E-state index contributed by atoms with van der Waals surface area (Å²) >= 11 is 1.42. The van der Waals surface area contributed by atoms with Crippen LogP contribution in [0.5, 0.6) is 0 Å². The molecule has 1 N–H and O–H groups in total. The Labute approximate surface area is 141 Å². The van der Waals surface area contributed by atoms with Crippen LogP contribution < -0.4 is 5.32 Å². The van der Waals surface area contributed by atoms with Gasteiger partial charge in [-0.2, -0.15) is 0 Å². The highest BCUT2D eigenvalue weighted by Crippen LogP contribution is 2.22. The van der Waals surface area contributed by atoms with E-state index in [-0.39, 0.29) is 5.91 Å². The van der Waals surface area contributed by atoms with Crippen molar-refractivity contribution in [1.82, 2.24) is 14.8 Å². The topological polar surface area (TPSA) is 59.8 Å². The number of aryl methyl sites for hydroxylation is 1. The molecule has 0 bridgehead atoms. The fourth-order valence-corrected chi connectivity index (χ4v) is 3.14. The fourth-order valence-electron chi connectivity index (χ4n) is 2.33. The first kappa shape index (κ1) is 17.5. The molecule has 6 heteroatoms. The maximum atomic E-state index is 12.2. The van der Waals surface area contributed by atoms with E-state index in [4.69, 9.17) is 0 Å². The first-order chi connectivity index (χ1) is 10.9. The van der Waals surface area contributed by atoms with E-state index in [1.165, 1.54) is 17.3 Å². The normalized spacial score (nSPS) is 11.0. The first-order valence-electron chi connectivity index (χ1n) is 7.86. The van der Waals surface area contributed by atoms with E-state index in [1.54, 1.807) is 0 Å². The van der Waals surface area contributed by atoms with Crippen molar-refractivity contribution in [2.24, 2.45) is 0 Å². The maximum absolute atomic E-state index is 12.2. The molecule has 0 saturated carbocycles. The van der Waals surface area contributed by atoms with Crippen molar-refractivity contribution in [2.75, 3.05) is 11.1 Å². The van der Waals surface area contributed by atoms with Gasteiger partial charge in [0.1, 0.15) is 5.82 Å². The lowest BCUT2D eigenvalue weighted by Gasteiger charge is -2.11. The maximum Gasteiger partial charge on any atom is 0.234 e. The predicted molar refractivity (Wildman–Crippen MR) is 95.1 cm³/mol. The molecule has 0 aliphatic rings. The van der Waals surface area contributed by atoms with Crippen molar-refractivity contribution in [3.8, 4) is 0 Å². The Morgan fingerprint density at radius 2 is 2.04 bits per heavy atom. The second-order valence-corrected chi connectivity index (χ2v) is 6.77. The van der Waals surface area contributed by atoms with Gasteiger partial charge in [-0.1, -0.05) is 37.7 Å². The Morgan fingerprint density at radius 3 is 2.70 bits per heavy atom. The Bertz CT molecular complexity index is 694. The van der Waals surface area contributed by atoms with Crippen LogP contribution in [0.1, 0.15) is 43.6 Å². The van der Waals surface area contributed by atoms with Gasteiger partial charge in [0.15, 0.2) is 5.16 Å². The van der Waals surface area contributed by atoms with Gasteiger partial charge in [0.2, 0.25) is 5.91 Å². The number of anilines is 1. The summed E-state index contributed by atoms with van der Waals surface area (Å²) in [6, 6.07) is 5.92. The average Bonchev–Trinajstić information content (AvgIpc) is 2.93. The van der Waals surface area contributed by atoms with Gasteiger partial charge in [-0.25, -0.2) is 0 Å². The van der Waals surface area contributed by atoms with E-state index >= 15 is 0 Å². The number of amides is 1. The van der Waals surface area contributed by atoms with E-state index in [0.717, 1.165) is 28.8 Å². The molecule has 0 atom stereocenters. The van der Waals surface area contributed by atoms with Gasteiger partial charge in [-0.05, 0) is 38.0 Å². The molecule has 124 valence electrons. The Balaban J connectivity index is 2.01. The van der Waals surface area contributed by atoms with Crippen molar-refractivity contribution >= 4 is 23.4 Å². The van der Waals surface area contributed by atoms with Gasteiger partial charge in [-0.3, -0.25) is 4.79 Å². The van der Waals surface area contributed by atoms with Crippen molar-refractivity contribution in [1.29, 1.82) is 0 Å². The third-order valence-electron chi connectivity index (χ3n) is 3.79. The number of aromatic nitrogens is 3. The lowest BCUT2D eigenvalue weighted by molar-refractivity contribution is -0.113. The average molecular weight is 332 g/mol. The van der Waals surface area contributed by atoms with Gasteiger partial charge in [0.05, 0.1) is 5.75 Å². The van der Waals surface area contributed by atoms with Crippen molar-refractivity contribution in [2.45, 2.75) is 52.2 Å². The molecule has 23 heavy (non-hydrogen) atoms. The first-order valence-corrected chi connectivity index (χ1v) is 8.84. The molecule has 0 aliphatic heterocycles. The predicted octanol–water partition coefficient (Wildman–Crippen LogP) is 3.77. The van der Waals surface area contributed by atoms with Crippen LogP contribution in [0.3, 0.4) is 0 Å². The van der Waals surface area contributed by atoms with Crippen LogP contribution in [0.25, 0.3) is 0 Å². The van der Waals surface area contributed by atoms with Crippen molar-refractivity contribution in [3.05, 3.63) is 35.2 Å². The summed E-state index contributed by atoms with van der Waals surface area (Å²) in [6.45, 7) is 11.1. The van der Waals surface area contributed by atoms with E-state index in [9.17, 15) is 4.79 Å². The molecular formula is C17H24N4OS. The minimum absolute atomic E-state index is 0.0274. The Hall–Kier alpha value is -1.82. The molecule has 0 aliphatic carbocycles. The van der Waals surface area contributed by atoms with Gasteiger partial charge in [0, 0.05) is 18.2 Å². The van der Waals surface area contributed by atoms with Crippen LogP contribution in [0.4, 0.5) is 5.69 Å². The highest BCUT2D eigenvalue weighted by Gasteiger charge is 2.15. The molecule has 1 amide bonds. The molecule has 2 rings (SSSR count). The van der Waals surface area contributed by atoms with Crippen molar-refractivity contribution < 1.29 is 4.79 Å². The summed E-state index contributed by atoms with van der Waals surface area (Å²) in [5, 5.41) is 12.2. The van der Waals surface area contributed by atoms with Crippen LogP contribution in [0, 0.1) is 13.8 Å². The van der Waals surface area contributed by atoms with Crippen LogP contribution in [0.2, 0.25) is 0 Å². The molecule has 0 unspecified atom stereocenters. The quantitative estimate of drug-likeness (QED) is 0.818. The van der Waals surface area contributed by atoms with E-state index < -0.39 is 0 Å².